The Morgan fingerprint density at radius 2 is 1.65 bits per heavy atom. The number of rotatable bonds is 5. The average Bonchev–Trinajstić information content (AvgIpc) is 3.13. The van der Waals surface area contributed by atoms with Crippen molar-refractivity contribution in [3.8, 4) is 11.5 Å². The lowest BCUT2D eigenvalue weighted by Gasteiger charge is -2.27. The minimum absolute atomic E-state index is 0.0573. The molecule has 3 aromatic rings. The van der Waals surface area contributed by atoms with E-state index in [9.17, 15) is 14.7 Å². The third-order valence-electron chi connectivity index (χ3n) is 6.51. The Morgan fingerprint density at radius 3 is 2.24 bits per heavy atom. The first-order valence-corrected chi connectivity index (χ1v) is 12.3. The number of hydrogen-bond donors (Lipinski definition) is 1. The number of nitrogens with zero attached hydrogens (tertiary/aromatic N) is 1. The van der Waals surface area contributed by atoms with Crippen molar-refractivity contribution in [3.63, 3.8) is 0 Å². The summed E-state index contributed by atoms with van der Waals surface area (Å²) in [5, 5.41) is 11.8. The minimum atomic E-state index is -0.903. The number of aliphatic hydroxyl groups is 1. The molecule has 1 saturated heterocycles. The number of aryl methyl sites for hydroxylation is 1. The molecular weight excluding hydrogens is 490 g/mol. The number of amides is 1. The fourth-order valence-electron chi connectivity index (χ4n) is 4.61. The molecule has 7 heteroatoms. The van der Waals surface area contributed by atoms with Gasteiger partial charge in [0.15, 0.2) is 0 Å². The summed E-state index contributed by atoms with van der Waals surface area (Å²) in [5.41, 5.74) is 3.09. The number of anilines is 1. The van der Waals surface area contributed by atoms with Gasteiger partial charge in [0.05, 0.1) is 36.4 Å². The molecule has 192 valence electrons. The fourth-order valence-corrected chi connectivity index (χ4v) is 4.96. The molecule has 1 fully saturated rings. The van der Waals surface area contributed by atoms with E-state index in [0.717, 1.165) is 11.1 Å². The summed E-state index contributed by atoms with van der Waals surface area (Å²) in [4.78, 5) is 28.4. The standard InChI is InChI=1S/C30H30ClNO5/c1-17-14-22(28(37-6)23(31)15-17)26(33)24-25(18-8-7-9-21(16-18)36-5)32(29(35)27(24)34)20-12-10-19(11-13-20)30(2,3)4/h7-16,25,33H,1-6H3/b26-24+. The number of ketones is 1. The molecule has 4 rings (SSSR count). The zero-order valence-corrected chi connectivity index (χ0v) is 22.5. The SMILES string of the molecule is COc1cccc(C2/C(=C(\O)c3cc(C)cc(Cl)c3OC)C(=O)C(=O)N2c2ccc(C(C)(C)C)cc2)c1. The highest BCUT2D eigenvalue weighted by Gasteiger charge is 2.47. The van der Waals surface area contributed by atoms with Crippen LogP contribution in [0.5, 0.6) is 11.5 Å². The van der Waals surface area contributed by atoms with Gasteiger partial charge < -0.3 is 14.6 Å². The largest absolute Gasteiger partial charge is 0.507 e. The predicted octanol–water partition coefficient (Wildman–Crippen LogP) is 6.59. The Hall–Kier alpha value is -3.77. The second-order valence-corrected chi connectivity index (χ2v) is 10.5. The molecule has 0 saturated carbocycles. The maximum atomic E-state index is 13.5. The van der Waals surface area contributed by atoms with Gasteiger partial charge in [0, 0.05) is 5.69 Å². The van der Waals surface area contributed by atoms with Gasteiger partial charge in [0.1, 0.15) is 17.3 Å². The predicted molar refractivity (Wildman–Crippen MR) is 146 cm³/mol. The molecule has 37 heavy (non-hydrogen) atoms. The maximum Gasteiger partial charge on any atom is 0.300 e. The van der Waals surface area contributed by atoms with Crippen molar-refractivity contribution in [3.05, 3.63) is 93.5 Å². The van der Waals surface area contributed by atoms with Gasteiger partial charge in [-0.3, -0.25) is 14.5 Å². The van der Waals surface area contributed by atoms with Gasteiger partial charge >= 0.3 is 0 Å². The summed E-state index contributed by atoms with van der Waals surface area (Å²) in [5.74, 6) is -1.12. The second kappa shape index (κ2) is 9.94. The minimum Gasteiger partial charge on any atom is -0.507 e. The van der Waals surface area contributed by atoms with Gasteiger partial charge in [-0.05, 0) is 65.4 Å². The van der Waals surface area contributed by atoms with Crippen molar-refractivity contribution < 1.29 is 24.2 Å². The lowest BCUT2D eigenvalue weighted by molar-refractivity contribution is -0.132. The summed E-state index contributed by atoms with van der Waals surface area (Å²) in [6.45, 7) is 8.12. The number of Topliss-reactive ketones (excluding diaryl/α,β-unsaturated/α-hetero) is 1. The van der Waals surface area contributed by atoms with E-state index in [-0.39, 0.29) is 33.1 Å². The lowest BCUT2D eigenvalue weighted by atomic mass is 9.87. The molecule has 3 aromatic carbocycles. The molecule has 1 unspecified atom stereocenters. The molecule has 1 aliphatic rings. The van der Waals surface area contributed by atoms with Crippen LogP contribution in [0.3, 0.4) is 0 Å². The molecule has 1 aliphatic heterocycles. The first-order chi connectivity index (χ1) is 17.5. The van der Waals surface area contributed by atoms with Gasteiger partial charge in [-0.1, -0.05) is 56.6 Å². The number of carbonyl (C=O) groups excluding carboxylic acids is 2. The van der Waals surface area contributed by atoms with Gasteiger partial charge in [-0.15, -0.1) is 0 Å². The molecule has 1 heterocycles. The molecule has 1 atom stereocenters. The van der Waals surface area contributed by atoms with Crippen LogP contribution in [0, 0.1) is 6.92 Å². The summed E-state index contributed by atoms with van der Waals surface area (Å²) < 4.78 is 10.9. The molecule has 0 aromatic heterocycles. The Labute approximate surface area is 222 Å². The van der Waals surface area contributed by atoms with Crippen LogP contribution in [0.2, 0.25) is 5.02 Å². The molecular formula is C30H30ClNO5. The van der Waals surface area contributed by atoms with E-state index < -0.39 is 17.7 Å². The molecule has 0 radical (unpaired) electrons. The number of benzene rings is 3. The third kappa shape index (κ3) is 4.81. The van der Waals surface area contributed by atoms with Crippen molar-refractivity contribution >= 4 is 34.7 Å². The molecule has 0 bridgehead atoms. The zero-order chi connectivity index (χ0) is 27.1. The summed E-state index contributed by atoms with van der Waals surface area (Å²) in [6.07, 6.45) is 0. The lowest BCUT2D eigenvalue weighted by Crippen LogP contribution is -2.29. The van der Waals surface area contributed by atoms with Gasteiger partial charge in [0.25, 0.3) is 11.7 Å². The Bertz CT molecular complexity index is 1400. The fraction of sp³-hybridized carbons (Fsp3) is 0.267. The normalized spacial score (nSPS) is 17.3. The summed E-state index contributed by atoms with van der Waals surface area (Å²) >= 11 is 6.38. The van der Waals surface area contributed by atoms with Crippen LogP contribution in [0.25, 0.3) is 5.76 Å². The van der Waals surface area contributed by atoms with E-state index in [2.05, 4.69) is 20.8 Å². The Balaban J connectivity index is 1.98. The number of carbonyl (C=O) groups is 2. The van der Waals surface area contributed by atoms with Crippen LogP contribution in [0.15, 0.2) is 66.2 Å². The van der Waals surface area contributed by atoms with E-state index in [4.69, 9.17) is 21.1 Å². The number of aliphatic hydroxyl groups excluding tert-OH is 1. The smallest absolute Gasteiger partial charge is 0.300 e. The third-order valence-corrected chi connectivity index (χ3v) is 6.79. The van der Waals surface area contributed by atoms with Gasteiger partial charge in [-0.25, -0.2) is 0 Å². The molecule has 6 nitrogen and oxygen atoms in total. The van der Waals surface area contributed by atoms with Crippen molar-refractivity contribution in [2.75, 3.05) is 19.1 Å². The number of methoxy groups -OCH3 is 2. The first kappa shape index (κ1) is 26.3. The molecule has 1 N–H and O–H groups in total. The quantitative estimate of drug-likeness (QED) is 0.234. The van der Waals surface area contributed by atoms with Gasteiger partial charge in [-0.2, -0.15) is 0 Å². The van der Waals surface area contributed by atoms with Crippen LogP contribution in [-0.2, 0) is 15.0 Å². The molecule has 1 amide bonds. The average molecular weight is 520 g/mol. The van der Waals surface area contributed by atoms with Crippen LogP contribution < -0.4 is 14.4 Å². The maximum absolute atomic E-state index is 13.5. The van der Waals surface area contributed by atoms with Gasteiger partial charge in [0.2, 0.25) is 0 Å². The van der Waals surface area contributed by atoms with Crippen molar-refractivity contribution in [2.24, 2.45) is 0 Å². The first-order valence-electron chi connectivity index (χ1n) is 11.9. The Kier molecular flexibility index (Phi) is 7.07. The van der Waals surface area contributed by atoms with E-state index in [0.29, 0.717) is 17.0 Å². The van der Waals surface area contributed by atoms with Crippen LogP contribution >= 0.6 is 11.6 Å². The zero-order valence-electron chi connectivity index (χ0n) is 21.8. The monoisotopic (exact) mass is 519 g/mol. The van der Waals surface area contributed by atoms with Crippen molar-refractivity contribution in [2.45, 2.75) is 39.2 Å². The molecule has 0 spiro atoms. The highest BCUT2D eigenvalue weighted by atomic mass is 35.5. The van der Waals surface area contributed by atoms with E-state index in [1.807, 2.05) is 31.2 Å². The van der Waals surface area contributed by atoms with E-state index >= 15 is 0 Å². The van der Waals surface area contributed by atoms with Crippen molar-refractivity contribution in [1.29, 1.82) is 0 Å². The van der Waals surface area contributed by atoms with Crippen molar-refractivity contribution in [1.82, 2.24) is 0 Å². The van der Waals surface area contributed by atoms with E-state index in [1.54, 1.807) is 43.5 Å². The molecule has 0 aliphatic carbocycles. The van der Waals surface area contributed by atoms with Crippen LogP contribution in [0.4, 0.5) is 5.69 Å². The van der Waals surface area contributed by atoms with Crippen LogP contribution in [-0.4, -0.2) is 31.0 Å². The number of ether oxygens (including phenoxy) is 2. The number of hydrogen-bond acceptors (Lipinski definition) is 5. The summed E-state index contributed by atoms with van der Waals surface area (Å²) in [7, 11) is 2.98. The van der Waals surface area contributed by atoms with Crippen LogP contribution in [0.1, 0.15) is 49.1 Å². The highest BCUT2D eigenvalue weighted by molar-refractivity contribution is 6.51. The second-order valence-electron chi connectivity index (χ2n) is 10.1. The summed E-state index contributed by atoms with van der Waals surface area (Å²) in [6, 6.07) is 17.1. The number of halogens is 1. The topological polar surface area (TPSA) is 76.1 Å². The highest BCUT2D eigenvalue weighted by Crippen LogP contribution is 2.45. The van der Waals surface area contributed by atoms with E-state index in [1.165, 1.54) is 12.0 Å². The Morgan fingerprint density at radius 1 is 0.973 bits per heavy atom.